The first-order chi connectivity index (χ1) is 8.36. The summed E-state index contributed by atoms with van der Waals surface area (Å²) < 4.78 is 32.7. The van der Waals surface area contributed by atoms with Gasteiger partial charge in [-0.2, -0.15) is 0 Å². The number of ether oxygens (including phenoxy) is 2. The van der Waals surface area contributed by atoms with Gasteiger partial charge in [0.1, 0.15) is 17.3 Å². The van der Waals surface area contributed by atoms with E-state index in [1.807, 2.05) is 6.92 Å². The van der Waals surface area contributed by atoms with E-state index in [9.17, 15) is 8.42 Å². The van der Waals surface area contributed by atoms with Crippen LogP contribution in [0, 0.1) is 0 Å². The predicted octanol–water partition coefficient (Wildman–Crippen LogP) is 3.34. The molecular formula is C10H11Cl3O4S. The Morgan fingerprint density at radius 2 is 1.83 bits per heavy atom. The third kappa shape index (κ3) is 4.48. The first-order valence-corrected chi connectivity index (χ1v) is 8.07. The molecule has 0 radical (unpaired) electrons. The zero-order valence-electron chi connectivity index (χ0n) is 9.45. The van der Waals surface area contributed by atoms with Crippen LogP contribution in [0.3, 0.4) is 0 Å². The number of halogens is 3. The van der Waals surface area contributed by atoms with Gasteiger partial charge in [0.15, 0.2) is 0 Å². The molecule has 0 heterocycles. The third-order valence-corrected chi connectivity index (χ3v) is 4.02. The van der Waals surface area contributed by atoms with Gasteiger partial charge in [0.05, 0.1) is 16.7 Å². The van der Waals surface area contributed by atoms with Crippen molar-refractivity contribution in [2.24, 2.45) is 0 Å². The Labute approximate surface area is 120 Å². The minimum Gasteiger partial charge on any atom is -0.490 e. The van der Waals surface area contributed by atoms with Gasteiger partial charge in [-0.15, -0.1) is 0 Å². The molecule has 0 amide bonds. The summed E-state index contributed by atoms with van der Waals surface area (Å²) in [4.78, 5) is -0.243. The van der Waals surface area contributed by atoms with E-state index in [4.69, 9.17) is 43.4 Å². The van der Waals surface area contributed by atoms with Crippen LogP contribution in [0.5, 0.6) is 5.75 Å². The van der Waals surface area contributed by atoms with Crippen molar-refractivity contribution in [2.75, 3.05) is 19.8 Å². The molecule has 4 nitrogen and oxygen atoms in total. The summed E-state index contributed by atoms with van der Waals surface area (Å²) in [7, 11) is 1.28. The normalized spacial score (nSPS) is 11.6. The Kier molecular flexibility index (Phi) is 6.01. The molecule has 1 aromatic carbocycles. The average molecular weight is 334 g/mol. The lowest BCUT2D eigenvalue weighted by molar-refractivity contribution is 0.110. The summed E-state index contributed by atoms with van der Waals surface area (Å²) in [5.41, 5.74) is 0. The second-order valence-corrected chi connectivity index (χ2v) is 6.55. The van der Waals surface area contributed by atoms with E-state index in [1.165, 1.54) is 6.07 Å². The number of hydrogen-bond donors (Lipinski definition) is 0. The largest absolute Gasteiger partial charge is 0.490 e. The molecule has 18 heavy (non-hydrogen) atoms. The third-order valence-electron chi connectivity index (χ3n) is 1.94. The number of rotatable bonds is 6. The van der Waals surface area contributed by atoms with E-state index in [0.29, 0.717) is 13.2 Å². The summed E-state index contributed by atoms with van der Waals surface area (Å²) in [5.74, 6) is 0.283. The molecule has 0 spiro atoms. The Bertz CT molecular complexity index is 516. The predicted molar refractivity (Wildman–Crippen MR) is 71.5 cm³/mol. The Morgan fingerprint density at radius 1 is 1.17 bits per heavy atom. The molecule has 1 aromatic rings. The zero-order chi connectivity index (χ0) is 13.8. The van der Waals surface area contributed by atoms with Gasteiger partial charge in [0.2, 0.25) is 0 Å². The van der Waals surface area contributed by atoms with Gasteiger partial charge in [-0.25, -0.2) is 8.42 Å². The van der Waals surface area contributed by atoms with Crippen LogP contribution in [-0.2, 0) is 13.8 Å². The molecule has 0 atom stereocenters. The van der Waals surface area contributed by atoms with Crippen molar-refractivity contribution >= 4 is 42.9 Å². The Hall–Kier alpha value is -0.200. The highest BCUT2D eigenvalue weighted by Gasteiger charge is 2.18. The molecule has 0 unspecified atom stereocenters. The van der Waals surface area contributed by atoms with Crippen molar-refractivity contribution in [1.29, 1.82) is 0 Å². The van der Waals surface area contributed by atoms with Crippen molar-refractivity contribution in [3.8, 4) is 5.75 Å². The van der Waals surface area contributed by atoms with Gasteiger partial charge in [0, 0.05) is 23.4 Å². The van der Waals surface area contributed by atoms with Crippen molar-refractivity contribution in [2.45, 2.75) is 11.8 Å². The molecule has 102 valence electrons. The molecule has 0 aliphatic carbocycles. The second-order valence-electron chi connectivity index (χ2n) is 3.20. The van der Waals surface area contributed by atoms with Crippen LogP contribution in [0.2, 0.25) is 10.0 Å². The zero-order valence-corrected chi connectivity index (χ0v) is 12.5. The summed E-state index contributed by atoms with van der Waals surface area (Å²) in [5, 5.41) is 0.0796. The van der Waals surface area contributed by atoms with Crippen LogP contribution in [0.15, 0.2) is 17.0 Å². The highest BCUT2D eigenvalue weighted by molar-refractivity contribution is 8.13. The first kappa shape index (κ1) is 15.9. The van der Waals surface area contributed by atoms with Gasteiger partial charge >= 0.3 is 0 Å². The number of hydrogen-bond acceptors (Lipinski definition) is 4. The van der Waals surface area contributed by atoms with Crippen LogP contribution in [0.25, 0.3) is 0 Å². The van der Waals surface area contributed by atoms with Crippen molar-refractivity contribution in [1.82, 2.24) is 0 Å². The van der Waals surface area contributed by atoms with Gasteiger partial charge < -0.3 is 9.47 Å². The summed E-state index contributed by atoms with van der Waals surface area (Å²) in [6, 6.07) is 2.47. The van der Waals surface area contributed by atoms with Crippen molar-refractivity contribution in [3.05, 3.63) is 22.2 Å². The van der Waals surface area contributed by atoms with E-state index in [0.717, 1.165) is 6.07 Å². The van der Waals surface area contributed by atoms with Crippen molar-refractivity contribution < 1.29 is 17.9 Å². The van der Waals surface area contributed by atoms with Crippen LogP contribution >= 0.6 is 33.9 Å². The molecule has 8 heteroatoms. The Balaban J connectivity index is 2.87. The van der Waals surface area contributed by atoms with Gasteiger partial charge in [-0.3, -0.25) is 0 Å². The summed E-state index contributed by atoms with van der Waals surface area (Å²) in [6.07, 6.45) is 0. The smallest absolute Gasteiger partial charge is 0.262 e. The highest BCUT2D eigenvalue weighted by atomic mass is 35.7. The van der Waals surface area contributed by atoms with E-state index >= 15 is 0 Å². The first-order valence-electron chi connectivity index (χ1n) is 5.00. The minimum atomic E-state index is -3.93. The minimum absolute atomic E-state index is 0.0409. The molecule has 0 bridgehead atoms. The van der Waals surface area contributed by atoms with E-state index in [2.05, 4.69) is 0 Å². The molecule has 0 aliphatic heterocycles. The van der Waals surface area contributed by atoms with Crippen LogP contribution < -0.4 is 4.74 Å². The fourth-order valence-corrected chi connectivity index (χ4v) is 2.96. The topological polar surface area (TPSA) is 52.6 Å². The standard InChI is InChI=1S/C10H11Cl3O4S/c1-2-16-3-4-17-9-5-8(12)10(6-7(9)11)18(13,14)15/h5-6H,2-4H2,1H3. The lowest BCUT2D eigenvalue weighted by atomic mass is 10.3. The van der Waals surface area contributed by atoms with Gasteiger partial charge in [-0.1, -0.05) is 23.2 Å². The highest BCUT2D eigenvalue weighted by Crippen LogP contribution is 2.34. The SMILES string of the molecule is CCOCCOc1cc(Cl)c(S(=O)(=O)Cl)cc1Cl. The van der Waals surface area contributed by atoms with E-state index < -0.39 is 9.05 Å². The maximum atomic E-state index is 11.2. The lowest BCUT2D eigenvalue weighted by Crippen LogP contribution is -2.07. The monoisotopic (exact) mass is 332 g/mol. The van der Waals surface area contributed by atoms with Crippen LogP contribution in [-0.4, -0.2) is 28.2 Å². The summed E-state index contributed by atoms with van der Waals surface area (Å²) >= 11 is 11.7. The molecule has 0 aromatic heterocycles. The molecule has 1 rings (SSSR count). The fraction of sp³-hybridized carbons (Fsp3) is 0.400. The van der Waals surface area contributed by atoms with E-state index in [1.54, 1.807) is 0 Å². The molecular weight excluding hydrogens is 323 g/mol. The number of benzene rings is 1. The maximum absolute atomic E-state index is 11.2. The molecule has 0 saturated heterocycles. The summed E-state index contributed by atoms with van der Waals surface area (Å²) in [6.45, 7) is 3.14. The average Bonchev–Trinajstić information content (AvgIpc) is 2.27. The maximum Gasteiger partial charge on any atom is 0.262 e. The van der Waals surface area contributed by atoms with Gasteiger partial charge in [-0.05, 0) is 13.0 Å². The van der Waals surface area contributed by atoms with E-state index in [-0.39, 0.29) is 27.3 Å². The molecule has 0 fully saturated rings. The quantitative estimate of drug-likeness (QED) is 0.592. The van der Waals surface area contributed by atoms with Crippen LogP contribution in [0.1, 0.15) is 6.92 Å². The van der Waals surface area contributed by atoms with Crippen LogP contribution in [0.4, 0.5) is 0 Å². The molecule has 0 aliphatic rings. The Morgan fingerprint density at radius 3 is 2.39 bits per heavy atom. The fourth-order valence-electron chi connectivity index (χ4n) is 1.16. The molecule has 0 N–H and O–H groups in total. The lowest BCUT2D eigenvalue weighted by Gasteiger charge is -2.10. The van der Waals surface area contributed by atoms with Crippen molar-refractivity contribution in [3.63, 3.8) is 0 Å². The van der Waals surface area contributed by atoms with Gasteiger partial charge in [0.25, 0.3) is 9.05 Å². The second kappa shape index (κ2) is 6.82. The molecule has 0 saturated carbocycles.